The highest BCUT2D eigenvalue weighted by atomic mass is 16.5. The molecule has 3 nitrogen and oxygen atoms in total. The number of aromatic nitrogens is 1. The molecule has 0 aliphatic carbocycles. The Bertz CT molecular complexity index is 274. The average molecular weight is 180 g/mol. The van der Waals surface area contributed by atoms with E-state index in [0.29, 0.717) is 12.0 Å². The minimum absolute atomic E-state index is 0.403. The van der Waals surface area contributed by atoms with Crippen molar-refractivity contribution in [1.82, 2.24) is 10.5 Å². The fourth-order valence-corrected chi connectivity index (χ4v) is 1.67. The van der Waals surface area contributed by atoms with E-state index >= 15 is 0 Å². The monoisotopic (exact) mass is 180 g/mol. The van der Waals surface area contributed by atoms with Crippen LogP contribution in [0.15, 0.2) is 10.6 Å². The van der Waals surface area contributed by atoms with Crippen LogP contribution in [0.4, 0.5) is 0 Å². The van der Waals surface area contributed by atoms with Crippen molar-refractivity contribution in [2.45, 2.75) is 38.6 Å². The Morgan fingerprint density at radius 2 is 2.46 bits per heavy atom. The third kappa shape index (κ3) is 1.75. The summed E-state index contributed by atoms with van der Waals surface area (Å²) in [7, 11) is 0. The van der Waals surface area contributed by atoms with Crippen LogP contribution in [0.3, 0.4) is 0 Å². The Hall–Kier alpha value is -0.830. The predicted octanol–water partition coefficient (Wildman–Crippen LogP) is 2.22. The lowest BCUT2D eigenvalue weighted by molar-refractivity contribution is 0.345. The number of hydrogen-bond donors (Lipinski definition) is 1. The van der Waals surface area contributed by atoms with Crippen molar-refractivity contribution in [3.63, 3.8) is 0 Å². The van der Waals surface area contributed by atoms with Gasteiger partial charge in [0.1, 0.15) is 0 Å². The topological polar surface area (TPSA) is 38.1 Å². The van der Waals surface area contributed by atoms with Gasteiger partial charge in [-0.05, 0) is 25.3 Å². The summed E-state index contributed by atoms with van der Waals surface area (Å²) in [6.45, 7) is 5.36. The largest absolute Gasteiger partial charge is 0.359 e. The normalized spacial score (nSPS) is 22.8. The van der Waals surface area contributed by atoms with Gasteiger partial charge in [0.2, 0.25) is 0 Å². The summed E-state index contributed by atoms with van der Waals surface area (Å²) in [4.78, 5) is 0. The molecule has 1 aliphatic rings. The summed E-state index contributed by atoms with van der Waals surface area (Å²) in [5.74, 6) is 1.46. The van der Waals surface area contributed by atoms with Gasteiger partial charge in [0.25, 0.3) is 0 Å². The van der Waals surface area contributed by atoms with Crippen LogP contribution in [-0.2, 0) is 0 Å². The van der Waals surface area contributed by atoms with Crippen LogP contribution in [0.25, 0.3) is 0 Å². The number of nitrogens with zero attached hydrogens (tertiary/aromatic N) is 1. The van der Waals surface area contributed by atoms with Gasteiger partial charge in [-0.2, -0.15) is 0 Å². The Balaban J connectivity index is 2.12. The molecule has 0 amide bonds. The van der Waals surface area contributed by atoms with Gasteiger partial charge in [0.05, 0.1) is 11.7 Å². The lowest BCUT2D eigenvalue weighted by Gasteiger charge is -2.02. The van der Waals surface area contributed by atoms with Gasteiger partial charge in [-0.3, -0.25) is 0 Å². The first-order chi connectivity index (χ1) is 6.27. The van der Waals surface area contributed by atoms with Crippen molar-refractivity contribution in [3.05, 3.63) is 17.5 Å². The Kier molecular flexibility index (Phi) is 2.36. The molecule has 1 N–H and O–H groups in total. The fourth-order valence-electron chi connectivity index (χ4n) is 1.67. The number of nitrogens with one attached hydrogen (secondary N) is 1. The molecule has 13 heavy (non-hydrogen) atoms. The molecule has 1 aromatic rings. The van der Waals surface area contributed by atoms with Crippen LogP contribution in [0, 0.1) is 0 Å². The molecule has 0 spiro atoms. The van der Waals surface area contributed by atoms with Crippen molar-refractivity contribution in [1.29, 1.82) is 0 Å². The van der Waals surface area contributed by atoms with Crippen LogP contribution < -0.4 is 5.32 Å². The van der Waals surface area contributed by atoms with Crippen LogP contribution >= 0.6 is 0 Å². The zero-order valence-corrected chi connectivity index (χ0v) is 8.21. The quantitative estimate of drug-likeness (QED) is 0.758. The van der Waals surface area contributed by atoms with Crippen LogP contribution in [0.2, 0.25) is 0 Å². The molecule has 0 saturated carbocycles. The molecule has 1 aliphatic heterocycles. The van der Waals surface area contributed by atoms with Gasteiger partial charge in [0, 0.05) is 6.07 Å². The summed E-state index contributed by atoms with van der Waals surface area (Å²) in [6.07, 6.45) is 2.41. The second kappa shape index (κ2) is 3.50. The minimum Gasteiger partial charge on any atom is -0.359 e. The van der Waals surface area contributed by atoms with Crippen LogP contribution in [-0.4, -0.2) is 11.7 Å². The molecule has 0 bridgehead atoms. The predicted molar refractivity (Wildman–Crippen MR) is 50.6 cm³/mol. The number of rotatable bonds is 2. The standard InChI is InChI=1S/C10H16N2O/c1-7(2)9-6-10(13-12-9)8-4-3-5-11-8/h6-8,11H,3-5H2,1-2H3/t8-/m1/s1. The first-order valence-corrected chi connectivity index (χ1v) is 4.97. The van der Waals surface area contributed by atoms with E-state index in [-0.39, 0.29) is 0 Å². The lowest BCUT2D eigenvalue weighted by atomic mass is 10.1. The Labute approximate surface area is 78.5 Å². The molecule has 1 atom stereocenters. The van der Waals surface area contributed by atoms with E-state index < -0.39 is 0 Å². The van der Waals surface area contributed by atoms with Gasteiger partial charge in [-0.15, -0.1) is 0 Å². The molecule has 1 fully saturated rings. The van der Waals surface area contributed by atoms with Crippen molar-refractivity contribution in [3.8, 4) is 0 Å². The number of hydrogen-bond acceptors (Lipinski definition) is 3. The summed E-state index contributed by atoms with van der Waals surface area (Å²) in [6, 6.07) is 2.48. The molecule has 1 saturated heterocycles. The van der Waals surface area contributed by atoms with Gasteiger partial charge >= 0.3 is 0 Å². The van der Waals surface area contributed by atoms with E-state index in [1.54, 1.807) is 0 Å². The maximum Gasteiger partial charge on any atom is 0.153 e. The van der Waals surface area contributed by atoms with E-state index in [2.05, 4.69) is 30.4 Å². The first kappa shape index (κ1) is 8.75. The molecule has 3 heteroatoms. The molecule has 0 unspecified atom stereocenters. The highest BCUT2D eigenvalue weighted by Crippen LogP contribution is 2.25. The van der Waals surface area contributed by atoms with E-state index in [0.717, 1.165) is 18.0 Å². The van der Waals surface area contributed by atoms with Crippen molar-refractivity contribution in [2.75, 3.05) is 6.54 Å². The lowest BCUT2D eigenvalue weighted by Crippen LogP contribution is -2.11. The maximum atomic E-state index is 5.30. The summed E-state index contributed by atoms with van der Waals surface area (Å²) >= 11 is 0. The minimum atomic E-state index is 0.403. The average Bonchev–Trinajstić information content (AvgIpc) is 2.75. The fraction of sp³-hybridized carbons (Fsp3) is 0.700. The van der Waals surface area contributed by atoms with Gasteiger partial charge in [-0.25, -0.2) is 0 Å². The Morgan fingerprint density at radius 3 is 3.00 bits per heavy atom. The summed E-state index contributed by atoms with van der Waals surface area (Å²) in [5.41, 5.74) is 1.06. The zero-order valence-electron chi connectivity index (χ0n) is 8.21. The third-order valence-corrected chi connectivity index (χ3v) is 2.54. The molecule has 2 heterocycles. The Morgan fingerprint density at radius 1 is 1.62 bits per heavy atom. The molecule has 0 radical (unpaired) electrons. The smallest absolute Gasteiger partial charge is 0.153 e. The van der Waals surface area contributed by atoms with Crippen molar-refractivity contribution in [2.24, 2.45) is 0 Å². The molecular weight excluding hydrogens is 164 g/mol. The third-order valence-electron chi connectivity index (χ3n) is 2.54. The zero-order chi connectivity index (χ0) is 9.26. The summed E-state index contributed by atoms with van der Waals surface area (Å²) < 4.78 is 5.30. The van der Waals surface area contributed by atoms with E-state index in [9.17, 15) is 0 Å². The SMILES string of the molecule is CC(C)c1cc([C@H]2CCCN2)on1. The highest BCUT2D eigenvalue weighted by Gasteiger charge is 2.20. The second-order valence-electron chi connectivity index (χ2n) is 3.96. The molecule has 1 aromatic heterocycles. The molecule has 72 valence electrons. The van der Waals surface area contributed by atoms with Crippen LogP contribution in [0.5, 0.6) is 0 Å². The van der Waals surface area contributed by atoms with Crippen molar-refractivity contribution >= 4 is 0 Å². The first-order valence-electron chi connectivity index (χ1n) is 4.97. The van der Waals surface area contributed by atoms with E-state index in [1.807, 2.05) is 0 Å². The van der Waals surface area contributed by atoms with E-state index in [4.69, 9.17) is 4.52 Å². The maximum absolute atomic E-state index is 5.30. The van der Waals surface area contributed by atoms with Crippen LogP contribution in [0.1, 0.15) is 50.1 Å². The van der Waals surface area contributed by atoms with Crippen molar-refractivity contribution < 1.29 is 4.52 Å². The summed E-state index contributed by atoms with van der Waals surface area (Å²) in [5, 5.41) is 7.44. The highest BCUT2D eigenvalue weighted by molar-refractivity contribution is 5.12. The van der Waals surface area contributed by atoms with E-state index in [1.165, 1.54) is 12.8 Å². The second-order valence-corrected chi connectivity index (χ2v) is 3.96. The van der Waals surface area contributed by atoms with Gasteiger partial charge < -0.3 is 9.84 Å². The van der Waals surface area contributed by atoms with Gasteiger partial charge in [0.15, 0.2) is 5.76 Å². The molecule has 0 aromatic carbocycles. The molecule has 2 rings (SSSR count). The molecular formula is C10H16N2O. The van der Waals surface area contributed by atoms with Gasteiger partial charge in [-0.1, -0.05) is 19.0 Å².